The predicted molar refractivity (Wildman–Crippen MR) is 60.9 cm³/mol. The molecule has 0 aliphatic heterocycles. The molecule has 0 aliphatic rings. The van der Waals surface area contributed by atoms with Crippen molar-refractivity contribution in [3.8, 4) is 5.75 Å². The molecule has 0 bridgehead atoms. The average Bonchev–Trinajstić information content (AvgIpc) is 2.15. The molecule has 0 amide bonds. The number of hydrogen-bond acceptors (Lipinski definition) is 2. The van der Waals surface area contributed by atoms with Crippen LogP contribution in [0.1, 0.15) is 25.0 Å². The highest BCUT2D eigenvalue weighted by atomic mass is 79.9. The van der Waals surface area contributed by atoms with E-state index in [9.17, 15) is 18.3 Å². The summed E-state index contributed by atoms with van der Waals surface area (Å²) in [6.45, 7) is 1.07. The Labute approximate surface area is 106 Å². The average molecular weight is 313 g/mol. The first-order chi connectivity index (χ1) is 7.79. The van der Waals surface area contributed by atoms with E-state index in [0.29, 0.717) is 10.0 Å². The molecule has 0 radical (unpaired) electrons. The summed E-state index contributed by atoms with van der Waals surface area (Å²) in [5.74, 6) is 0.263. The van der Waals surface area contributed by atoms with E-state index in [4.69, 9.17) is 4.74 Å². The van der Waals surface area contributed by atoms with Crippen molar-refractivity contribution >= 4 is 15.9 Å². The van der Waals surface area contributed by atoms with Crippen LogP contribution in [-0.2, 0) is 0 Å². The summed E-state index contributed by atoms with van der Waals surface area (Å²) >= 11 is 3.19. The quantitative estimate of drug-likeness (QED) is 0.915. The Bertz CT molecular complexity index is 377. The molecule has 1 aromatic carbocycles. The number of benzene rings is 1. The minimum atomic E-state index is -4.24. The van der Waals surface area contributed by atoms with E-state index in [1.807, 2.05) is 0 Å². The van der Waals surface area contributed by atoms with Gasteiger partial charge in [-0.3, -0.25) is 0 Å². The largest absolute Gasteiger partial charge is 0.493 e. The van der Waals surface area contributed by atoms with Crippen molar-refractivity contribution < 1.29 is 23.0 Å². The van der Waals surface area contributed by atoms with Crippen LogP contribution in [0.5, 0.6) is 5.75 Å². The van der Waals surface area contributed by atoms with Gasteiger partial charge in [-0.25, -0.2) is 0 Å². The Morgan fingerprint density at radius 1 is 1.41 bits per heavy atom. The van der Waals surface area contributed by atoms with Gasteiger partial charge in [0.05, 0.1) is 19.1 Å². The van der Waals surface area contributed by atoms with Crippen LogP contribution >= 0.6 is 15.9 Å². The summed E-state index contributed by atoms with van der Waals surface area (Å²) in [5.41, 5.74) is 0.468. The molecule has 0 aromatic heterocycles. The van der Waals surface area contributed by atoms with E-state index in [1.54, 1.807) is 18.2 Å². The first kappa shape index (κ1) is 14.3. The molecule has 1 aromatic rings. The molecule has 96 valence electrons. The fourth-order valence-corrected chi connectivity index (χ4v) is 1.60. The molecule has 2 nitrogen and oxygen atoms in total. The number of alkyl halides is 3. The number of halogens is 4. The zero-order valence-corrected chi connectivity index (χ0v) is 10.7. The van der Waals surface area contributed by atoms with Gasteiger partial charge in [0.15, 0.2) is 0 Å². The van der Waals surface area contributed by atoms with E-state index in [2.05, 4.69) is 15.9 Å². The molecule has 1 rings (SSSR count). The molecular formula is C11H12BrF3O2. The second-order valence-electron chi connectivity index (χ2n) is 3.57. The van der Waals surface area contributed by atoms with Crippen LogP contribution in [0.25, 0.3) is 0 Å². The first-order valence-electron chi connectivity index (χ1n) is 4.96. The van der Waals surface area contributed by atoms with Crippen LogP contribution in [0, 0.1) is 0 Å². The minimum absolute atomic E-state index is 0.263. The van der Waals surface area contributed by atoms with Gasteiger partial charge in [0.1, 0.15) is 5.75 Å². The zero-order valence-electron chi connectivity index (χ0n) is 9.09. The van der Waals surface area contributed by atoms with Gasteiger partial charge >= 0.3 is 6.18 Å². The summed E-state index contributed by atoms with van der Waals surface area (Å²) < 4.78 is 41.6. The van der Waals surface area contributed by atoms with Gasteiger partial charge in [-0.05, 0) is 19.1 Å². The van der Waals surface area contributed by atoms with Crippen LogP contribution in [0.3, 0.4) is 0 Å². The maximum Gasteiger partial charge on any atom is 0.392 e. The van der Waals surface area contributed by atoms with Crippen LogP contribution in [0.2, 0.25) is 0 Å². The van der Waals surface area contributed by atoms with Gasteiger partial charge in [0, 0.05) is 10.0 Å². The third kappa shape index (κ3) is 4.95. The molecule has 17 heavy (non-hydrogen) atoms. The molecular weight excluding hydrogens is 301 g/mol. The van der Waals surface area contributed by atoms with Crippen LogP contribution < -0.4 is 4.74 Å². The van der Waals surface area contributed by atoms with E-state index < -0.39 is 25.3 Å². The van der Waals surface area contributed by atoms with Crippen molar-refractivity contribution in [1.82, 2.24) is 0 Å². The molecule has 0 heterocycles. The third-order valence-corrected chi connectivity index (χ3v) is 2.56. The lowest BCUT2D eigenvalue weighted by Gasteiger charge is -2.14. The lowest BCUT2D eigenvalue weighted by atomic mass is 10.1. The van der Waals surface area contributed by atoms with Crippen molar-refractivity contribution in [1.29, 1.82) is 0 Å². The monoisotopic (exact) mass is 312 g/mol. The standard InChI is InChI=1S/C11H12BrF3O2/c1-7(16)9-3-2-8(12)6-10(9)17-5-4-11(13,14)15/h2-3,6-7,16H,4-5H2,1H3/t7-/m1/s1. The second kappa shape index (κ2) is 5.73. The highest BCUT2D eigenvalue weighted by molar-refractivity contribution is 9.10. The van der Waals surface area contributed by atoms with Crippen molar-refractivity contribution in [3.63, 3.8) is 0 Å². The predicted octanol–water partition coefficient (Wildman–Crippen LogP) is 3.83. The lowest BCUT2D eigenvalue weighted by Crippen LogP contribution is -2.13. The maximum absolute atomic E-state index is 12.0. The van der Waals surface area contributed by atoms with E-state index >= 15 is 0 Å². The normalized spacial score (nSPS) is 13.5. The molecule has 6 heteroatoms. The summed E-state index contributed by atoms with van der Waals surface area (Å²) in [6.07, 6.45) is -6.04. The SMILES string of the molecule is C[C@@H](O)c1ccc(Br)cc1OCCC(F)(F)F. The van der Waals surface area contributed by atoms with Crippen molar-refractivity contribution in [3.05, 3.63) is 28.2 Å². The van der Waals surface area contributed by atoms with E-state index in [0.717, 1.165) is 0 Å². The first-order valence-corrected chi connectivity index (χ1v) is 5.76. The smallest absolute Gasteiger partial charge is 0.392 e. The summed E-state index contributed by atoms with van der Waals surface area (Å²) in [5, 5.41) is 9.44. The van der Waals surface area contributed by atoms with Crippen LogP contribution in [-0.4, -0.2) is 17.9 Å². The molecule has 0 aliphatic carbocycles. The highest BCUT2D eigenvalue weighted by Gasteiger charge is 2.27. The highest BCUT2D eigenvalue weighted by Crippen LogP contribution is 2.29. The summed E-state index contributed by atoms with van der Waals surface area (Å²) in [6, 6.07) is 4.84. The Morgan fingerprint density at radius 3 is 2.59 bits per heavy atom. The van der Waals surface area contributed by atoms with Gasteiger partial charge < -0.3 is 9.84 Å². The van der Waals surface area contributed by atoms with Crippen LogP contribution in [0.15, 0.2) is 22.7 Å². The van der Waals surface area contributed by atoms with Gasteiger partial charge in [-0.15, -0.1) is 0 Å². The summed E-state index contributed by atoms with van der Waals surface area (Å²) in [4.78, 5) is 0. The third-order valence-electron chi connectivity index (χ3n) is 2.07. The Balaban J connectivity index is 2.72. The zero-order chi connectivity index (χ0) is 13.1. The minimum Gasteiger partial charge on any atom is -0.493 e. The molecule has 1 atom stereocenters. The van der Waals surface area contributed by atoms with Gasteiger partial charge in [-0.2, -0.15) is 13.2 Å². The molecule has 1 N–H and O–H groups in total. The van der Waals surface area contributed by atoms with Crippen molar-refractivity contribution in [2.24, 2.45) is 0 Å². The van der Waals surface area contributed by atoms with Gasteiger partial charge in [-0.1, -0.05) is 22.0 Å². The number of aliphatic hydroxyl groups is 1. The van der Waals surface area contributed by atoms with Gasteiger partial charge in [0.2, 0.25) is 0 Å². The fraction of sp³-hybridized carbons (Fsp3) is 0.455. The Kier molecular flexibility index (Phi) is 4.82. The molecule has 0 spiro atoms. The molecule has 0 saturated heterocycles. The van der Waals surface area contributed by atoms with Crippen molar-refractivity contribution in [2.45, 2.75) is 25.6 Å². The number of ether oxygens (including phenoxy) is 1. The summed E-state index contributed by atoms with van der Waals surface area (Å²) in [7, 11) is 0. The lowest BCUT2D eigenvalue weighted by molar-refractivity contribution is -0.139. The number of aliphatic hydroxyl groups excluding tert-OH is 1. The van der Waals surface area contributed by atoms with Crippen LogP contribution in [0.4, 0.5) is 13.2 Å². The molecule has 0 saturated carbocycles. The number of hydrogen-bond donors (Lipinski definition) is 1. The molecule has 0 fully saturated rings. The fourth-order valence-electron chi connectivity index (χ4n) is 1.26. The van der Waals surface area contributed by atoms with Crippen molar-refractivity contribution in [2.75, 3.05) is 6.61 Å². The second-order valence-corrected chi connectivity index (χ2v) is 4.49. The van der Waals surface area contributed by atoms with Gasteiger partial charge in [0.25, 0.3) is 0 Å². The maximum atomic E-state index is 12.0. The van der Waals surface area contributed by atoms with E-state index in [-0.39, 0.29) is 5.75 Å². The molecule has 0 unspecified atom stereocenters. The number of rotatable bonds is 4. The topological polar surface area (TPSA) is 29.5 Å². The Hall–Kier alpha value is -0.750. The Morgan fingerprint density at radius 2 is 2.06 bits per heavy atom. The van der Waals surface area contributed by atoms with E-state index in [1.165, 1.54) is 6.92 Å².